The van der Waals surface area contributed by atoms with Crippen molar-refractivity contribution in [2.24, 2.45) is 22.9 Å². The Morgan fingerprint density at radius 1 is 0.894 bits per heavy atom. The molecule has 5 aliphatic rings. The lowest BCUT2D eigenvalue weighted by molar-refractivity contribution is -0.315. The molecule has 19 heteroatoms. The first-order chi connectivity index (χ1) is 22.4. The van der Waals surface area contributed by atoms with E-state index in [0.717, 1.165) is 18.6 Å². The van der Waals surface area contributed by atoms with E-state index < -0.39 is 92.2 Å². The lowest BCUT2D eigenvalue weighted by Crippen LogP contribution is -2.68. The number of hydrogen-bond donors (Lipinski definition) is 12. The molecule has 47 heavy (non-hydrogen) atoms. The third-order valence-corrected chi connectivity index (χ3v) is 11.3. The molecule has 4 heterocycles. The standard InChI is InChI=1S/C28H51N7O11S/c29-10-5-11(30)25(46-27-22(40)19(32)21(39)16(8-36)44-27)23(41)24(10)45-26-12(31)6-14(37)15(43-26)7-33-18(38)4-2-1-3-17-20-13(9-47-17)34-28(42)35-20/h10-17,19-27,36-37,39-41H,1-9,29-32H2,(H,33,38)(H2,34,35,42)/t10-,11-,12?,13+,14+,15?,16?,17+,19+,20+,21-,22?,23?,24-,25?,26-,27-/m1/s1. The maximum atomic E-state index is 12.6. The van der Waals surface area contributed by atoms with Crippen molar-refractivity contribution >= 4 is 23.7 Å². The van der Waals surface area contributed by atoms with E-state index >= 15 is 0 Å². The van der Waals surface area contributed by atoms with Crippen LogP contribution in [0.2, 0.25) is 0 Å². The molecule has 0 aromatic carbocycles. The molecule has 1 saturated carbocycles. The Kier molecular flexibility index (Phi) is 12.6. The first-order valence-electron chi connectivity index (χ1n) is 16.3. The molecule has 3 amide bonds. The average Bonchev–Trinajstić information content (AvgIpc) is 3.58. The van der Waals surface area contributed by atoms with E-state index in [0.29, 0.717) is 18.1 Å². The van der Waals surface area contributed by atoms with Gasteiger partial charge in [-0.15, -0.1) is 0 Å². The summed E-state index contributed by atoms with van der Waals surface area (Å²) in [6, 6.07) is -3.37. The summed E-state index contributed by atoms with van der Waals surface area (Å²) in [6.45, 7) is -0.570. The van der Waals surface area contributed by atoms with Crippen molar-refractivity contribution in [3.63, 3.8) is 0 Å². The van der Waals surface area contributed by atoms with E-state index in [1.807, 2.05) is 11.8 Å². The fraction of sp³-hybridized carbons (Fsp3) is 0.929. The maximum Gasteiger partial charge on any atom is 0.315 e. The molecule has 0 aromatic rings. The molecular weight excluding hydrogens is 642 g/mol. The molecule has 5 fully saturated rings. The highest BCUT2D eigenvalue weighted by Gasteiger charge is 2.50. The van der Waals surface area contributed by atoms with Crippen LogP contribution < -0.4 is 38.9 Å². The molecule has 270 valence electrons. The van der Waals surface area contributed by atoms with Gasteiger partial charge in [0.2, 0.25) is 5.91 Å². The number of carbonyl (C=O) groups excluding carboxylic acids is 2. The van der Waals surface area contributed by atoms with E-state index in [-0.39, 0.29) is 43.4 Å². The monoisotopic (exact) mass is 693 g/mol. The number of aliphatic hydroxyl groups is 5. The van der Waals surface area contributed by atoms with Crippen LogP contribution in [0.5, 0.6) is 0 Å². The van der Waals surface area contributed by atoms with Crippen LogP contribution in [0.4, 0.5) is 4.79 Å². The molecule has 0 spiro atoms. The Balaban J connectivity index is 1.09. The van der Waals surface area contributed by atoms with Gasteiger partial charge in [-0.05, 0) is 25.7 Å². The highest BCUT2D eigenvalue weighted by molar-refractivity contribution is 8.00. The number of urea groups is 1. The van der Waals surface area contributed by atoms with Crippen LogP contribution in [0, 0.1) is 0 Å². The van der Waals surface area contributed by atoms with E-state index in [9.17, 15) is 35.1 Å². The normalized spacial score (nSPS) is 46.8. The van der Waals surface area contributed by atoms with Gasteiger partial charge >= 0.3 is 6.03 Å². The van der Waals surface area contributed by atoms with Crippen LogP contribution >= 0.6 is 11.8 Å². The zero-order valence-corrected chi connectivity index (χ0v) is 26.9. The number of rotatable bonds is 12. The van der Waals surface area contributed by atoms with Crippen LogP contribution in [-0.2, 0) is 23.7 Å². The zero-order chi connectivity index (χ0) is 34.0. The molecule has 17 atom stereocenters. The fourth-order valence-corrected chi connectivity index (χ4v) is 8.52. The van der Waals surface area contributed by atoms with Crippen LogP contribution in [0.25, 0.3) is 0 Å². The fourth-order valence-electron chi connectivity index (χ4n) is 6.98. The van der Waals surface area contributed by atoms with Crippen molar-refractivity contribution in [2.45, 2.75) is 141 Å². The molecule has 6 unspecified atom stereocenters. The Hall–Kier alpha value is -1.43. The molecule has 4 saturated heterocycles. The highest BCUT2D eigenvalue weighted by Crippen LogP contribution is 2.34. The van der Waals surface area contributed by atoms with Crippen LogP contribution in [0.3, 0.4) is 0 Å². The highest BCUT2D eigenvalue weighted by atomic mass is 32.2. The summed E-state index contributed by atoms with van der Waals surface area (Å²) in [5, 5.41) is 61.1. The van der Waals surface area contributed by atoms with Gasteiger partial charge in [-0.2, -0.15) is 11.8 Å². The van der Waals surface area contributed by atoms with Crippen molar-refractivity contribution in [3.05, 3.63) is 0 Å². The van der Waals surface area contributed by atoms with Gasteiger partial charge in [-0.1, -0.05) is 6.42 Å². The summed E-state index contributed by atoms with van der Waals surface area (Å²) >= 11 is 1.83. The number of thioether (sulfide) groups is 1. The van der Waals surface area contributed by atoms with Gasteiger partial charge < -0.3 is 83.4 Å². The zero-order valence-electron chi connectivity index (χ0n) is 26.1. The molecule has 0 bridgehead atoms. The van der Waals surface area contributed by atoms with Gasteiger partial charge in [0.15, 0.2) is 12.6 Å². The summed E-state index contributed by atoms with van der Waals surface area (Å²) in [5.41, 5.74) is 24.7. The van der Waals surface area contributed by atoms with Gasteiger partial charge in [0.1, 0.15) is 42.7 Å². The predicted molar refractivity (Wildman–Crippen MR) is 166 cm³/mol. The van der Waals surface area contributed by atoms with Crippen LogP contribution in [-0.4, -0.2) is 159 Å². The quantitative estimate of drug-likeness (QED) is 0.0670. The molecule has 18 nitrogen and oxygen atoms in total. The SMILES string of the molecule is NC1C[C@H](O)C(CNC(=O)CCCC[C@@H]2SC[C@@H]3NC(=O)N[C@@H]32)O[C@@H]1O[C@H]1C(O)C(O[C@H]2OC(CO)[C@@H](O)[C@H](N)C2O)[C@H](N)C[C@H]1N. The average molecular weight is 694 g/mol. The van der Waals surface area contributed by atoms with Gasteiger partial charge in [0.05, 0.1) is 36.9 Å². The Morgan fingerprint density at radius 3 is 2.28 bits per heavy atom. The summed E-state index contributed by atoms with van der Waals surface area (Å²) in [4.78, 5) is 24.1. The number of fused-ring (bicyclic) bond motifs is 1. The van der Waals surface area contributed by atoms with Gasteiger partial charge in [0.25, 0.3) is 0 Å². The topological polar surface area (TPSA) is 312 Å². The summed E-state index contributed by atoms with van der Waals surface area (Å²) in [5.74, 6) is 0.689. The first kappa shape index (κ1) is 36.8. The minimum atomic E-state index is -1.48. The van der Waals surface area contributed by atoms with E-state index in [4.69, 9.17) is 41.9 Å². The minimum absolute atomic E-state index is 0.0113. The second-order valence-electron chi connectivity index (χ2n) is 13.2. The number of amides is 3. The lowest BCUT2D eigenvalue weighted by atomic mass is 9.84. The third-order valence-electron chi connectivity index (χ3n) is 9.76. The van der Waals surface area contributed by atoms with Gasteiger partial charge in [0, 0.05) is 36.1 Å². The van der Waals surface area contributed by atoms with Gasteiger partial charge in [-0.25, -0.2) is 4.79 Å². The van der Waals surface area contributed by atoms with Crippen molar-refractivity contribution < 1.29 is 54.1 Å². The summed E-state index contributed by atoms with van der Waals surface area (Å²) in [7, 11) is 0. The number of ether oxygens (including phenoxy) is 4. The van der Waals surface area contributed by atoms with Gasteiger partial charge in [-0.3, -0.25) is 4.79 Å². The molecule has 1 aliphatic carbocycles. The largest absolute Gasteiger partial charge is 0.394 e. The maximum absolute atomic E-state index is 12.6. The second kappa shape index (κ2) is 16.1. The Bertz CT molecular complexity index is 1070. The van der Waals surface area contributed by atoms with Crippen molar-refractivity contribution in [2.75, 3.05) is 18.9 Å². The molecule has 0 aromatic heterocycles. The number of carbonyl (C=O) groups is 2. The summed E-state index contributed by atoms with van der Waals surface area (Å²) < 4.78 is 23.4. The smallest absolute Gasteiger partial charge is 0.315 e. The number of nitrogens with two attached hydrogens (primary N) is 4. The number of aliphatic hydroxyl groups excluding tert-OH is 5. The molecular formula is C28H51N7O11S. The third kappa shape index (κ3) is 8.48. The van der Waals surface area contributed by atoms with Crippen molar-refractivity contribution in [3.8, 4) is 0 Å². The molecule has 4 aliphatic heterocycles. The second-order valence-corrected chi connectivity index (χ2v) is 14.5. The Labute approximate surface area is 276 Å². The minimum Gasteiger partial charge on any atom is -0.394 e. The first-order valence-corrected chi connectivity index (χ1v) is 17.3. The molecule has 0 radical (unpaired) electrons. The number of hydrogen-bond acceptors (Lipinski definition) is 16. The lowest BCUT2D eigenvalue weighted by Gasteiger charge is -2.47. The number of unbranched alkanes of at least 4 members (excludes halogenated alkanes) is 1. The molecule has 5 rings (SSSR count). The van der Waals surface area contributed by atoms with E-state index in [1.54, 1.807) is 0 Å². The van der Waals surface area contributed by atoms with Crippen molar-refractivity contribution in [1.29, 1.82) is 0 Å². The van der Waals surface area contributed by atoms with E-state index in [2.05, 4.69) is 16.0 Å². The van der Waals surface area contributed by atoms with E-state index in [1.165, 1.54) is 0 Å². The van der Waals surface area contributed by atoms with Crippen LogP contribution in [0.15, 0.2) is 0 Å². The molecule has 16 N–H and O–H groups in total. The predicted octanol–water partition coefficient (Wildman–Crippen LogP) is -5.41. The number of nitrogens with one attached hydrogen (secondary N) is 3. The summed E-state index contributed by atoms with van der Waals surface area (Å²) in [6.07, 6.45) is -9.02. The van der Waals surface area contributed by atoms with Crippen LogP contribution in [0.1, 0.15) is 38.5 Å². The van der Waals surface area contributed by atoms with Crippen molar-refractivity contribution in [1.82, 2.24) is 16.0 Å². The Morgan fingerprint density at radius 2 is 1.57 bits per heavy atom.